The highest BCUT2D eigenvalue weighted by Crippen LogP contribution is 2.11. The fraction of sp³-hybridized carbons (Fsp3) is 0.375. The molecule has 76 valence electrons. The van der Waals surface area contributed by atoms with E-state index in [4.69, 9.17) is 0 Å². The number of rotatable bonds is 3. The first kappa shape index (κ1) is 10.9. The predicted molar refractivity (Wildman–Crippen MR) is 55.0 cm³/mol. The molecule has 6 heteroatoms. The number of anilines is 1. The van der Waals surface area contributed by atoms with Crippen molar-refractivity contribution >= 4 is 27.7 Å². The Bertz CT molecular complexity index is 323. The average molecular weight is 260 g/mol. The summed E-state index contributed by atoms with van der Waals surface area (Å²) in [5.74, 6) is 0.888. The van der Waals surface area contributed by atoms with Gasteiger partial charge >= 0.3 is 5.97 Å². The quantitative estimate of drug-likeness (QED) is 0.652. The van der Waals surface area contributed by atoms with E-state index in [1.54, 1.807) is 13.0 Å². The van der Waals surface area contributed by atoms with Crippen LogP contribution < -0.4 is 5.32 Å². The molecule has 0 aromatic carbocycles. The normalized spacial score (nSPS) is 9.64. The summed E-state index contributed by atoms with van der Waals surface area (Å²) in [4.78, 5) is 18.9. The third-order valence-corrected chi connectivity index (χ3v) is 1.85. The maximum Gasteiger partial charge on any atom is 0.325 e. The zero-order valence-corrected chi connectivity index (χ0v) is 9.46. The molecule has 0 saturated carbocycles. The second-order valence-corrected chi connectivity index (χ2v) is 3.37. The van der Waals surface area contributed by atoms with E-state index < -0.39 is 0 Å². The molecule has 0 aliphatic heterocycles. The van der Waals surface area contributed by atoms with Gasteiger partial charge in [-0.2, -0.15) is 0 Å². The zero-order valence-electron chi connectivity index (χ0n) is 7.87. The van der Waals surface area contributed by atoms with Crippen molar-refractivity contribution in [2.75, 3.05) is 19.0 Å². The number of methoxy groups -OCH3 is 1. The van der Waals surface area contributed by atoms with Crippen molar-refractivity contribution in [1.82, 2.24) is 9.97 Å². The maximum absolute atomic E-state index is 10.8. The Morgan fingerprint density at radius 1 is 1.64 bits per heavy atom. The van der Waals surface area contributed by atoms with Gasteiger partial charge in [0.15, 0.2) is 0 Å². The molecule has 0 fully saturated rings. The standard InChI is InChI=1S/C8H10BrN3O2/c1-5-11-6(9)3-7(12-5)10-4-8(13)14-2/h3H,4H2,1-2H3,(H,10,11,12). The van der Waals surface area contributed by atoms with Crippen molar-refractivity contribution in [3.8, 4) is 0 Å². The highest BCUT2D eigenvalue weighted by atomic mass is 79.9. The number of carbonyl (C=O) groups excluding carboxylic acids is 1. The van der Waals surface area contributed by atoms with Crippen LogP contribution in [0.1, 0.15) is 5.82 Å². The van der Waals surface area contributed by atoms with Gasteiger partial charge in [0.1, 0.15) is 22.8 Å². The van der Waals surface area contributed by atoms with Crippen LogP contribution in [-0.4, -0.2) is 29.6 Å². The van der Waals surface area contributed by atoms with E-state index in [-0.39, 0.29) is 12.5 Å². The van der Waals surface area contributed by atoms with Gasteiger partial charge in [-0.3, -0.25) is 4.79 Å². The van der Waals surface area contributed by atoms with Crippen LogP contribution in [-0.2, 0) is 9.53 Å². The number of ether oxygens (including phenoxy) is 1. The molecule has 1 aromatic rings. The second kappa shape index (κ2) is 4.90. The van der Waals surface area contributed by atoms with Crippen molar-refractivity contribution in [2.24, 2.45) is 0 Å². The number of aryl methyl sites for hydroxylation is 1. The first-order chi connectivity index (χ1) is 6.61. The number of nitrogens with zero attached hydrogens (tertiary/aromatic N) is 2. The molecule has 1 aromatic heterocycles. The van der Waals surface area contributed by atoms with Gasteiger partial charge < -0.3 is 10.1 Å². The van der Waals surface area contributed by atoms with E-state index in [1.165, 1.54) is 7.11 Å². The summed E-state index contributed by atoms with van der Waals surface area (Å²) in [5, 5.41) is 2.82. The minimum absolute atomic E-state index is 0.0966. The van der Waals surface area contributed by atoms with Crippen LogP contribution in [0.15, 0.2) is 10.7 Å². The van der Waals surface area contributed by atoms with E-state index >= 15 is 0 Å². The lowest BCUT2D eigenvalue weighted by Crippen LogP contribution is -2.16. The molecule has 0 unspecified atom stereocenters. The van der Waals surface area contributed by atoms with Crippen molar-refractivity contribution in [3.63, 3.8) is 0 Å². The van der Waals surface area contributed by atoms with E-state index in [9.17, 15) is 4.79 Å². The number of carbonyl (C=O) groups is 1. The summed E-state index contributed by atoms with van der Waals surface area (Å²) in [5.41, 5.74) is 0. The number of hydrogen-bond acceptors (Lipinski definition) is 5. The Morgan fingerprint density at radius 3 is 2.93 bits per heavy atom. The van der Waals surface area contributed by atoms with Gasteiger partial charge in [-0.1, -0.05) is 0 Å². The van der Waals surface area contributed by atoms with Gasteiger partial charge in [-0.25, -0.2) is 9.97 Å². The molecule has 1 rings (SSSR count). The van der Waals surface area contributed by atoms with E-state index in [2.05, 4.69) is 36.0 Å². The molecule has 0 aliphatic carbocycles. The first-order valence-corrected chi connectivity index (χ1v) is 4.73. The number of esters is 1. The van der Waals surface area contributed by atoms with Gasteiger partial charge in [0.25, 0.3) is 0 Å². The molecule has 0 aliphatic rings. The van der Waals surface area contributed by atoms with Crippen LogP contribution in [0.4, 0.5) is 5.82 Å². The molecule has 0 atom stereocenters. The fourth-order valence-corrected chi connectivity index (χ4v) is 1.33. The average Bonchev–Trinajstić information content (AvgIpc) is 2.12. The Morgan fingerprint density at radius 2 is 2.36 bits per heavy atom. The summed E-state index contributed by atoms with van der Waals surface area (Å²) in [7, 11) is 1.34. The van der Waals surface area contributed by atoms with Crippen LogP contribution in [0.2, 0.25) is 0 Å². The van der Waals surface area contributed by atoms with E-state index in [0.717, 1.165) is 0 Å². The molecule has 0 radical (unpaired) electrons. The first-order valence-electron chi connectivity index (χ1n) is 3.93. The van der Waals surface area contributed by atoms with E-state index in [1.807, 2.05) is 0 Å². The summed E-state index contributed by atoms with van der Waals surface area (Å²) in [6.45, 7) is 1.87. The minimum atomic E-state index is -0.336. The summed E-state index contributed by atoms with van der Waals surface area (Å²) in [6.07, 6.45) is 0. The lowest BCUT2D eigenvalue weighted by molar-refractivity contribution is -0.138. The molecule has 0 amide bonds. The molecule has 0 spiro atoms. The smallest absolute Gasteiger partial charge is 0.325 e. The lowest BCUT2D eigenvalue weighted by atomic mass is 10.5. The van der Waals surface area contributed by atoms with Gasteiger partial charge in [0.2, 0.25) is 0 Å². The molecule has 5 nitrogen and oxygen atoms in total. The van der Waals surface area contributed by atoms with Gasteiger partial charge in [0.05, 0.1) is 7.11 Å². The minimum Gasteiger partial charge on any atom is -0.468 e. The molecular formula is C8H10BrN3O2. The van der Waals surface area contributed by atoms with Crippen molar-refractivity contribution in [3.05, 3.63) is 16.5 Å². The van der Waals surface area contributed by atoms with Crippen molar-refractivity contribution in [2.45, 2.75) is 6.92 Å². The number of aromatic nitrogens is 2. The summed E-state index contributed by atoms with van der Waals surface area (Å²) in [6, 6.07) is 1.69. The third kappa shape index (κ3) is 3.29. The Kier molecular flexibility index (Phi) is 3.82. The third-order valence-electron chi connectivity index (χ3n) is 1.45. The number of halogens is 1. The van der Waals surface area contributed by atoms with Gasteiger partial charge in [-0.05, 0) is 22.9 Å². The highest BCUT2D eigenvalue weighted by Gasteiger charge is 2.02. The topological polar surface area (TPSA) is 64.1 Å². The van der Waals surface area contributed by atoms with Crippen LogP contribution in [0, 0.1) is 6.92 Å². The monoisotopic (exact) mass is 259 g/mol. The Hall–Kier alpha value is -1.17. The maximum atomic E-state index is 10.8. The van der Waals surface area contributed by atoms with Crippen molar-refractivity contribution < 1.29 is 9.53 Å². The Labute approximate surface area is 90.0 Å². The van der Waals surface area contributed by atoms with Gasteiger partial charge in [-0.15, -0.1) is 0 Å². The summed E-state index contributed by atoms with van der Waals surface area (Å²) >= 11 is 3.23. The van der Waals surface area contributed by atoms with Crippen LogP contribution in [0.25, 0.3) is 0 Å². The second-order valence-electron chi connectivity index (χ2n) is 2.55. The van der Waals surface area contributed by atoms with Crippen LogP contribution >= 0.6 is 15.9 Å². The SMILES string of the molecule is COC(=O)CNc1cc(Br)nc(C)n1. The van der Waals surface area contributed by atoms with E-state index in [0.29, 0.717) is 16.2 Å². The predicted octanol–water partition coefficient (Wildman–Crippen LogP) is 1.13. The lowest BCUT2D eigenvalue weighted by Gasteiger charge is -2.04. The Balaban J connectivity index is 2.63. The molecule has 1 heterocycles. The molecule has 0 bridgehead atoms. The van der Waals surface area contributed by atoms with Crippen LogP contribution in [0.5, 0.6) is 0 Å². The van der Waals surface area contributed by atoms with Crippen LogP contribution in [0.3, 0.4) is 0 Å². The molecule has 14 heavy (non-hydrogen) atoms. The number of nitrogens with one attached hydrogen (secondary N) is 1. The zero-order chi connectivity index (χ0) is 10.6. The molecule has 0 saturated heterocycles. The highest BCUT2D eigenvalue weighted by molar-refractivity contribution is 9.10. The van der Waals surface area contributed by atoms with Crippen molar-refractivity contribution in [1.29, 1.82) is 0 Å². The fourth-order valence-electron chi connectivity index (χ4n) is 0.857. The summed E-state index contributed by atoms with van der Waals surface area (Å²) < 4.78 is 5.15. The number of hydrogen-bond donors (Lipinski definition) is 1. The largest absolute Gasteiger partial charge is 0.468 e. The molecular weight excluding hydrogens is 250 g/mol. The molecule has 1 N–H and O–H groups in total. The van der Waals surface area contributed by atoms with Gasteiger partial charge in [0, 0.05) is 6.07 Å².